The Hall–Kier alpha value is -4.86. The lowest BCUT2D eigenvalue weighted by atomic mass is 9.92. The fourth-order valence-corrected chi connectivity index (χ4v) is 7.33. The molecule has 9 aromatic rings. The highest BCUT2D eigenvalue weighted by Crippen LogP contribution is 2.44. The first-order chi connectivity index (χ1) is 19.3. The molecule has 3 aromatic heterocycles. The molecule has 0 unspecified atom stereocenters. The minimum Gasteiger partial charge on any atom is -0.254 e. The van der Waals surface area contributed by atoms with Gasteiger partial charge in [0.05, 0.1) is 16.7 Å². The van der Waals surface area contributed by atoms with Crippen LogP contribution in [0.3, 0.4) is 0 Å². The number of thiophene rings is 1. The molecule has 0 N–H and O–H groups in total. The third-order valence-electron chi connectivity index (χ3n) is 8.02. The van der Waals surface area contributed by atoms with E-state index >= 15 is 0 Å². The van der Waals surface area contributed by atoms with Crippen molar-refractivity contribution in [3.8, 4) is 22.4 Å². The van der Waals surface area contributed by atoms with Crippen LogP contribution in [0.25, 0.3) is 85.9 Å². The first kappa shape index (κ1) is 21.1. The first-order valence-electron chi connectivity index (χ1n) is 13.2. The van der Waals surface area contributed by atoms with Gasteiger partial charge in [-0.05, 0) is 75.1 Å². The highest BCUT2D eigenvalue weighted by Gasteiger charge is 2.15. The number of benzene rings is 6. The Morgan fingerprint density at radius 1 is 0.487 bits per heavy atom. The summed E-state index contributed by atoms with van der Waals surface area (Å²) in [7, 11) is 0. The van der Waals surface area contributed by atoms with Crippen molar-refractivity contribution < 1.29 is 0 Å². The van der Waals surface area contributed by atoms with Gasteiger partial charge in [-0.2, -0.15) is 0 Å². The molecule has 0 aliphatic heterocycles. The number of rotatable bonds is 2. The van der Waals surface area contributed by atoms with Gasteiger partial charge in [0.15, 0.2) is 0 Å². The number of fused-ring (bicyclic) bond motifs is 4. The van der Waals surface area contributed by atoms with Crippen molar-refractivity contribution in [1.82, 2.24) is 9.97 Å². The summed E-state index contributed by atoms with van der Waals surface area (Å²) < 4.78 is 2.72. The van der Waals surface area contributed by atoms with Crippen LogP contribution in [0, 0.1) is 0 Å². The fraction of sp³-hybridized carbons (Fsp3) is 0. The largest absolute Gasteiger partial charge is 0.254 e. The second kappa shape index (κ2) is 7.83. The summed E-state index contributed by atoms with van der Waals surface area (Å²) in [5.41, 5.74) is 6.49. The molecule has 0 radical (unpaired) electrons. The molecule has 0 atom stereocenters. The summed E-state index contributed by atoms with van der Waals surface area (Å²) >= 11 is 1.89. The van der Waals surface area contributed by atoms with Gasteiger partial charge in [0.2, 0.25) is 0 Å². The molecule has 3 heterocycles. The molecule has 9 rings (SSSR count). The van der Waals surface area contributed by atoms with Crippen LogP contribution >= 0.6 is 11.3 Å². The molecular weight excluding hydrogens is 492 g/mol. The maximum Gasteiger partial charge on any atom is 0.0972 e. The van der Waals surface area contributed by atoms with E-state index in [9.17, 15) is 0 Å². The Balaban J connectivity index is 1.24. The van der Waals surface area contributed by atoms with Gasteiger partial charge in [0.25, 0.3) is 0 Å². The number of pyridine rings is 2. The van der Waals surface area contributed by atoms with Gasteiger partial charge in [0.1, 0.15) is 0 Å². The van der Waals surface area contributed by atoms with Crippen molar-refractivity contribution in [3.63, 3.8) is 0 Å². The van der Waals surface area contributed by atoms with Gasteiger partial charge >= 0.3 is 0 Å². The van der Waals surface area contributed by atoms with Crippen LogP contribution in [-0.4, -0.2) is 9.97 Å². The molecule has 2 nitrogen and oxygen atoms in total. The predicted molar refractivity (Wildman–Crippen MR) is 167 cm³/mol. The minimum absolute atomic E-state index is 0.945. The van der Waals surface area contributed by atoms with Gasteiger partial charge in [0, 0.05) is 42.7 Å². The van der Waals surface area contributed by atoms with Crippen LogP contribution in [0.2, 0.25) is 0 Å². The molecule has 0 saturated heterocycles. The van der Waals surface area contributed by atoms with Crippen molar-refractivity contribution in [2.45, 2.75) is 0 Å². The zero-order valence-corrected chi connectivity index (χ0v) is 21.7. The van der Waals surface area contributed by atoms with E-state index < -0.39 is 0 Å². The second-order valence-corrected chi connectivity index (χ2v) is 11.3. The van der Waals surface area contributed by atoms with E-state index in [2.05, 4.69) is 114 Å². The lowest BCUT2D eigenvalue weighted by Gasteiger charge is -2.12. The molecule has 0 fully saturated rings. The van der Waals surface area contributed by atoms with Gasteiger partial charge < -0.3 is 0 Å². The fourth-order valence-electron chi connectivity index (χ4n) is 6.17. The van der Waals surface area contributed by atoms with Gasteiger partial charge in [-0.25, -0.2) is 4.98 Å². The maximum atomic E-state index is 5.09. The molecule has 3 heteroatoms. The van der Waals surface area contributed by atoms with Crippen molar-refractivity contribution >= 4 is 74.9 Å². The number of hydrogen-bond donors (Lipinski definition) is 0. The Labute approximate surface area is 228 Å². The number of hydrogen-bond acceptors (Lipinski definition) is 3. The van der Waals surface area contributed by atoms with E-state index in [0.29, 0.717) is 0 Å². The normalized spacial score (nSPS) is 12.1. The minimum atomic E-state index is 0.945. The Morgan fingerprint density at radius 3 is 2.13 bits per heavy atom. The highest BCUT2D eigenvalue weighted by atomic mass is 32.1. The molecule has 0 amide bonds. The molecular formula is C36H20N2S. The topological polar surface area (TPSA) is 25.8 Å². The van der Waals surface area contributed by atoms with Crippen LogP contribution in [0.15, 0.2) is 121 Å². The third kappa shape index (κ3) is 3.08. The number of nitrogens with zero attached hydrogens (tertiary/aromatic N) is 2. The second-order valence-electron chi connectivity index (χ2n) is 10.2. The van der Waals surface area contributed by atoms with Gasteiger partial charge in [-0.15, -0.1) is 11.3 Å². The van der Waals surface area contributed by atoms with Crippen molar-refractivity contribution in [2.75, 3.05) is 0 Å². The summed E-state index contributed by atoms with van der Waals surface area (Å²) in [6.07, 6.45) is 1.84. The average Bonchev–Trinajstić information content (AvgIpc) is 3.39. The SMILES string of the molecule is c1cnc2c(c1)ccc1ccc(-c3ccc4ccc(-c5cc6cccc7sc8cccc5c8c67)cc4c3)nc12. The van der Waals surface area contributed by atoms with Crippen LogP contribution < -0.4 is 0 Å². The van der Waals surface area contributed by atoms with Crippen LogP contribution in [0.4, 0.5) is 0 Å². The van der Waals surface area contributed by atoms with E-state index in [1.807, 2.05) is 23.6 Å². The van der Waals surface area contributed by atoms with Crippen molar-refractivity contribution in [1.29, 1.82) is 0 Å². The molecule has 0 aliphatic rings. The van der Waals surface area contributed by atoms with Crippen molar-refractivity contribution in [3.05, 3.63) is 121 Å². The van der Waals surface area contributed by atoms with Crippen LogP contribution in [-0.2, 0) is 0 Å². The summed E-state index contributed by atoms with van der Waals surface area (Å²) in [5, 5.41) is 10.1. The zero-order valence-electron chi connectivity index (χ0n) is 20.8. The standard InChI is InChI=1S/C36H20N2S/c1-4-26-20-29(28-6-2-8-32-34(28)33(26)31(7-1)39-32)24-13-9-21-10-14-25(19-27(21)18-24)30-16-15-23-12-11-22-5-3-17-37-35(22)36(23)38-30/h1-20H. The summed E-state index contributed by atoms with van der Waals surface area (Å²) in [6.45, 7) is 0. The molecule has 0 spiro atoms. The Kier molecular flexibility index (Phi) is 4.24. The summed E-state index contributed by atoms with van der Waals surface area (Å²) in [5.74, 6) is 0. The molecule has 180 valence electrons. The molecule has 0 aliphatic carbocycles. The lowest BCUT2D eigenvalue weighted by molar-refractivity contribution is 1.37. The third-order valence-corrected chi connectivity index (χ3v) is 9.14. The van der Waals surface area contributed by atoms with Gasteiger partial charge in [-0.3, -0.25) is 4.98 Å². The Morgan fingerprint density at radius 2 is 1.21 bits per heavy atom. The highest BCUT2D eigenvalue weighted by molar-refractivity contribution is 7.26. The number of aromatic nitrogens is 2. The van der Waals surface area contributed by atoms with E-state index in [-0.39, 0.29) is 0 Å². The van der Waals surface area contributed by atoms with E-state index in [1.165, 1.54) is 52.8 Å². The zero-order chi connectivity index (χ0) is 25.5. The molecule has 39 heavy (non-hydrogen) atoms. The smallest absolute Gasteiger partial charge is 0.0972 e. The summed E-state index contributed by atoms with van der Waals surface area (Å²) in [6, 6.07) is 41.8. The monoisotopic (exact) mass is 512 g/mol. The van der Waals surface area contributed by atoms with Crippen LogP contribution in [0.1, 0.15) is 0 Å². The quantitative estimate of drug-likeness (QED) is 0.215. The van der Waals surface area contributed by atoms with E-state index in [0.717, 1.165) is 33.1 Å². The van der Waals surface area contributed by atoms with E-state index in [1.54, 1.807) is 0 Å². The predicted octanol–water partition coefficient (Wildman–Crippen LogP) is 10.2. The van der Waals surface area contributed by atoms with Gasteiger partial charge in [-0.1, -0.05) is 72.8 Å². The molecule has 6 aromatic carbocycles. The lowest BCUT2D eigenvalue weighted by Crippen LogP contribution is -1.89. The maximum absolute atomic E-state index is 5.09. The van der Waals surface area contributed by atoms with E-state index in [4.69, 9.17) is 4.98 Å². The first-order valence-corrected chi connectivity index (χ1v) is 14.0. The average molecular weight is 513 g/mol. The summed E-state index contributed by atoms with van der Waals surface area (Å²) in [4.78, 5) is 9.72. The molecule has 0 saturated carbocycles. The molecule has 0 bridgehead atoms. The van der Waals surface area contributed by atoms with Crippen molar-refractivity contribution in [2.24, 2.45) is 0 Å². The Bertz CT molecular complexity index is 2400. The van der Waals surface area contributed by atoms with Crippen LogP contribution in [0.5, 0.6) is 0 Å².